The summed E-state index contributed by atoms with van der Waals surface area (Å²) in [6.45, 7) is 6.10. The van der Waals surface area contributed by atoms with Gasteiger partial charge in [0.2, 0.25) is 5.91 Å². The summed E-state index contributed by atoms with van der Waals surface area (Å²) in [5.74, 6) is -0.931. The minimum absolute atomic E-state index is 0.0580. The molecule has 0 radical (unpaired) electrons. The van der Waals surface area contributed by atoms with Crippen molar-refractivity contribution in [1.82, 2.24) is 29.5 Å². The predicted molar refractivity (Wildman–Crippen MR) is 156 cm³/mol. The summed E-state index contributed by atoms with van der Waals surface area (Å²) in [5.41, 5.74) is 1.10. The Bertz CT molecular complexity index is 1540. The van der Waals surface area contributed by atoms with Gasteiger partial charge in [-0.1, -0.05) is 26.8 Å². The van der Waals surface area contributed by atoms with Crippen molar-refractivity contribution in [3.8, 4) is 0 Å². The third-order valence-electron chi connectivity index (χ3n) is 6.07. The second kappa shape index (κ2) is 13.4. The average Bonchev–Trinajstić information content (AvgIpc) is 3.29. The van der Waals surface area contributed by atoms with Gasteiger partial charge in [-0.05, 0) is 54.5 Å². The lowest BCUT2D eigenvalue weighted by Gasteiger charge is -2.19. The first-order valence-electron chi connectivity index (χ1n) is 13.4. The number of imidazole rings is 1. The van der Waals surface area contributed by atoms with E-state index in [0.717, 1.165) is 10.2 Å². The SMILES string of the molecule is CN(C)C(=O)/C=C/CCC(OC(=O)N(C)C)C(=O)Nc1ccnn(Cc2nc3c(CC(C)(C)C)cc(F)cc3[nH]2)c1=O. The fourth-order valence-corrected chi connectivity index (χ4v) is 4.05. The number of aromatic nitrogens is 4. The van der Waals surface area contributed by atoms with Crippen LogP contribution in [0.2, 0.25) is 0 Å². The number of fused-ring (bicyclic) bond motifs is 1. The van der Waals surface area contributed by atoms with Crippen LogP contribution in [0.4, 0.5) is 14.9 Å². The first-order chi connectivity index (χ1) is 19.6. The maximum atomic E-state index is 14.3. The molecule has 3 aromatic rings. The molecule has 0 aliphatic carbocycles. The number of nitrogens with zero attached hydrogens (tertiary/aromatic N) is 5. The van der Waals surface area contributed by atoms with E-state index < -0.39 is 23.7 Å². The highest BCUT2D eigenvalue weighted by atomic mass is 19.1. The Balaban J connectivity index is 1.80. The maximum Gasteiger partial charge on any atom is 0.410 e. The quantitative estimate of drug-likeness (QED) is 0.349. The summed E-state index contributed by atoms with van der Waals surface area (Å²) in [6, 6.07) is 4.16. The van der Waals surface area contributed by atoms with E-state index in [4.69, 9.17) is 4.74 Å². The molecule has 2 heterocycles. The van der Waals surface area contributed by atoms with E-state index in [1.54, 1.807) is 20.2 Å². The smallest absolute Gasteiger partial charge is 0.410 e. The number of allylic oxidation sites excluding steroid dienone is 1. The number of hydrogen-bond acceptors (Lipinski definition) is 7. The van der Waals surface area contributed by atoms with Gasteiger partial charge in [0.1, 0.15) is 23.9 Å². The van der Waals surface area contributed by atoms with Crippen LogP contribution in [0.25, 0.3) is 11.0 Å². The van der Waals surface area contributed by atoms with Crippen molar-refractivity contribution < 1.29 is 23.5 Å². The number of ether oxygens (including phenoxy) is 1. The minimum Gasteiger partial charge on any atom is -0.436 e. The van der Waals surface area contributed by atoms with E-state index >= 15 is 0 Å². The molecule has 12 nitrogen and oxygen atoms in total. The van der Waals surface area contributed by atoms with Crippen molar-refractivity contribution in [2.75, 3.05) is 33.5 Å². The molecule has 0 fully saturated rings. The summed E-state index contributed by atoms with van der Waals surface area (Å²) in [7, 11) is 6.18. The zero-order valence-electron chi connectivity index (χ0n) is 25.0. The Morgan fingerprint density at radius 2 is 1.88 bits per heavy atom. The second-order valence-corrected chi connectivity index (χ2v) is 11.6. The number of halogens is 1. The fourth-order valence-electron chi connectivity index (χ4n) is 4.05. The normalized spacial score (nSPS) is 12.4. The van der Waals surface area contributed by atoms with Crippen LogP contribution in [0, 0.1) is 11.2 Å². The molecular formula is C29H38FN7O5. The molecule has 13 heteroatoms. The number of likely N-dealkylation sites (N-methyl/N-ethyl adjacent to an activating group) is 1. The molecule has 0 saturated carbocycles. The largest absolute Gasteiger partial charge is 0.436 e. The van der Waals surface area contributed by atoms with Gasteiger partial charge in [0.25, 0.3) is 11.5 Å². The number of hydrogen-bond donors (Lipinski definition) is 2. The number of H-pyrrole nitrogens is 1. The zero-order chi connectivity index (χ0) is 31.2. The molecule has 1 atom stereocenters. The highest BCUT2D eigenvalue weighted by molar-refractivity contribution is 5.95. The number of carbonyl (C=O) groups is 3. The van der Waals surface area contributed by atoms with Gasteiger partial charge in [-0.2, -0.15) is 5.10 Å². The number of benzene rings is 1. The molecular weight excluding hydrogens is 545 g/mol. The first-order valence-corrected chi connectivity index (χ1v) is 13.4. The van der Waals surface area contributed by atoms with E-state index in [0.29, 0.717) is 23.3 Å². The number of nitrogens with one attached hydrogen (secondary N) is 2. The van der Waals surface area contributed by atoms with Crippen LogP contribution < -0.4 is 10.9 Å². The lowest BCUT2D eigenvalue weighted by atomic mass is 9.87. The molecule has 0 aliphatic heterocycles. The molecule has 0 aliphatic rings. The molecule has 3 amide bonds. The number of rotatable bonds is 10. The van der Waals surface area contributed by atoms with Crippen LogP contribution >= 0.6 is 0 Å². The second-order valence-electron chi connectivity index (χ2n) is 11.6. The molecule has 1 unspecified atom stereocenters. The van der Waals surface area contributed by atoms with E-state index in [9.17, 15) is 23.6 Å². The Hall–Kier alpha value is -4.55. The third-order valence-corrected chi connectivity index (χ3v) is 6.07. The molecule has 226 valence electrons. The van der Waals surface area contributed by atoms with E-state index in [2.05, 4.69) is 41.2 Å². The topological polar surface area (TPSA) is 143 Å². The fraction of sp³-hybridized carbons (Fsp3) is 0.448. The number of aromatic amines is 1. The molecule has 3 rings (SSSR count). The van der Waals surface area contributed by atoms with Crippen LogP contribution in [0.15, 0.2) is 41.3 Å². The van der Waals surface area contributed by atoms with Crippen LogP contribution in [0.1, 0.15) is 45.0 Å². The summed E-state index contributed by atoms with van der Waals surface area (Å²) in [6.07, 6.45) is 3.28. The summed E-state index contributed by atoms with van der Waals surface area (Å²) < 4.78 is 20.7. The third kappa shape index (κ3) is 8.72. The summed E-state index contributed by atoms with van der Waals surface area (Å²) in [5, 5.41) is 6.63. The van der Waals surface area contributed by atoms with E-state index in [1.807, 2.05) is 0 Å². The Morgan fingerprint density at radius 1 is 1.17 bits per heavy atom. The van der Waals surface area contributed by atoms with E-state index in [-0.39, 0.29) is 42.2 Å². The Labute approximate surface area is 243 Å². The molecule has 2 N–H and O–H groups in total. The molecule has 0 saturated heterocycles. The van der Waals surface area contributed by atoms with Crippen molar-refractivity contribution in [3.05, 3.63) is 64.1 Å². The van der Waals surface area contributed by atoms with Gasteiger partial charge in [-0.15, -0.1) is 0 Å². The highest BCUT2D eigenvalue weighted by Crippen LogP contribution is 2.27. The monoisotopic (exact) mass is 583 g/mol. The maximum absolute atomic E-state index is 14.3. The van der Waals surface area contributed by atoms with Crippen molar-refractivity contribution in [1.29, 1.82) is 0 Å². The Morgan fingerprint density at radius 3 is 2.52 bits per heavy atom. The standard InChI is InChI=1S/C29H38FN7O5/c1-29(2,3)16-18-14-19(30)15-21-25(18)34-23(32-21)17-37-27(40)20(12-13-31-37)33-26(39)22(42-28(41)36(6)7)10-8-9-11-24(38)35(4)5/h9,11-15,22H,8,10,16-17H2,1-7H3,(H,32,34)(H,33,39)/b11-9+. The molecule has 0 bridgehead atoms. The highest BCUT2D eigenvalue weighted by Gasteiger charge is 2.25. The lowest BCUT2D eigenvalue weighted by Crippen LogP contribution is -2.38. The number of anilines is 1. The summed E-state index contributed by atoms with van der Waals surface area (Å²) >= 11 is 0. The van der Waals surface area contributed by atoms with Crippen molar-refractivity contribution in [2.45, 2.75) is 52.7 Å². The predicted octanol–water partition coefficient (Wildman–Crippen LogP) is 3.33. The molecule has 1 aromatic carbocycles. The number of carbonyl (C=O) groups excluding carboxylic acids is 3. The number of amides is 3. The van der Waals surface area contributed by atoms with Gasteiger partial charge < -0.3 is 24.8 Å². The molecule has 0 spiro atoms. The van der Waals surface area contributed by atoms with Gasteiger partial charge in [-0.3, -0.25) is 14.4 Å². The van der Waals surface area contributed by atoms with Crippen molar-refractivity contribution in [2.24, 2.45) is 5.41 Å². The van der Waals surface area contributed by atoms with Crippen molar-refractivity contribution in [3.63, 3.8) is 0 Å². The van der Waals surface area contributed by atoms with Gasteiger partial charge in [0.15, 0.2) is 6.10 Å². The molecule has 2 aromatic heterocycles. The average molecular weight is 584 g/mol. The lowest BCUT2D eigenvalue weighted by molar-refractivity contribution is -0.125. The first kappa shape index (κ1) is 32.0. The van der Waals surface area contributed by atoms with Crippen LogP contribution in [-0.4, -0.2) is 81.8 Å². The minimum atomic E-state index is -1.23. The van der Waals surface area contributed by atoms with Gasteiger partial charge in [-0.25, -0.2) is 18.9 Å². The van der Waals surface area contributed by atoms with Gasteiger partial charge in [0, 0.05) is 34.4 Å². The van der Waals surface area contributed by atoms with E-state index in [1.165, 1.54) is 54.4 Å². The van der Waals surface area contributed by atoms with Crippen LogP contribution in [0.5, 0.6) is 0 Å². The van der Waals surface area contributed by atoms with Gasteiger partial charge in [0.05, 0.1) is 11.0 Å². The van der Waals surface area contributed by atoms with Gasteiger partial charge >= 0.3 is 6.09 Å². The molecule has 42 heavy (non-hydrogen) atoms. The van der Waals surface area contributed by atoms with Crippen LogP contribution in [-0.2, 0) is 27.3 Å². The summed E-state index contributed by atoms with van der Waals surface area (Å²) in [4.78, 5) is 60.5. The van der Waals surface area contributed by atoms with Crippen molar-refractivity contribution >= 4 is 34.6 Å². The zero-order valence-corrected chi connectivity index (χ0v) is 25.0. The Kier molecular flexibility index (Phi) is 10.2. The van der Waals surface area contributed by atoms with Crippen LogP contribution in [0.3, 0.4) is 0 Å².